The lowest BCUT2D eigenvalue weighted by Gasteiger charge is -2.26. The van der Waals surface area contributed by atoms with Crippen LogP contribution in [0.2, 0.25) is 0 Å². The largest absolute Gasteiger partial charge is 0.477 e. The van der Waals surface area contributed by atoms with Crippen LogP contribution in [-0.4, -0.2) is 34.1 Å². The average molecular weight is 297 g/mol. The number of aromatic nitrogens is 1. The maximum atomic E-state index is 12.3. The number of carboxylic acid groups (broad SMARTS) is 1. The molecule has 3 N–H and O–H groups in total. The highest BCUT2D eigenvalue weighted by Crippen LogP contribution is 2.23. The summed E-state index contributed by atoms with van der Waals surface area (Å²) in [5, 5.41) is 15.7. The maximum Gasteiger partial charge on any atom is 0.347 e. The van der Waals surface area contributed by atoms with Crippen molar-refractivity contribution in [2.75, 3.05) is 6.54 Å². The predicted molar refractivity (Wildman–Crippen MR) is 75.9 cm³/mol. The molecule has 2 rings (SSSR count). The van der Waals surface area contributed by atoms with E-state index >= 15 is 0 Å². The molecule has 0 aromatic carbocycles. The summed E-state index contributed by atoms with van der Waals surface area (Å²) in [7, 11) is 0. The van der Waals surface area contributed by atoms with Crippen molar-refractivity contribution in [3.8, 4) is 0 Å². The van der Waals surface area contributed by atoms with Crippen molar-refractivity contribution in [1.29, 1.82) is 0 Å². The zero-order valence-electron chi connectivity index (χ0n) is 11.7. The van der Waals surface area contributed by atoms with E-state index in [4.69, 9.17) is 5.11 Å². The van der Waals surface area contributed by atoms with E-state index in [1.165, 1.54) is 0 Å². The Morgan fingerprint density at radius 3 is 2.80 bits per heavy atom. The van der Waals surface area contributed by atoms with Gasteiger partial charge in [0.15, 0.2) is 0 Å². The average Bonchev–Trinajstić information content (AvgIpc) is 3.03. The van der Waals surface area contributed by atoms with Gasteiger partial charge in [0.05, 0.1) is 17.8 Å². The Morgan fingerprint density at radius 1 is 1.55 bits per heavy atom. The Morgan fingerprint density at radius 2 is 2.30 bits per heavy atom. The van der Waals surface area contributed by atoms with Crippen LogP contribution in [-0.2, 0) is 11.3 Å². The van der Waals surface area contributed by atoms with Crippen LogP contribution in [0.25, 0.3) is 0 Å². The molecule has 1 unspecified atom stereocenters. The molecule has 0 aliphatic carbocycles. The van der Waals surface area contributed by atoms with Crippen molar-refractivity contribution in [2.45, 2.75) is 45.2 Å². The molecule has 0 bridgehead atoms. The van der Waals surface area contributed by atoms with Crippen LogP contribution in [0.4, 0.5) is 0 Å². The summed E-state index contributed by atoms with van der Waals surface area (Å²) in [6.45, 7) is 4.80. The van der Waals surface area contributed by atoms with E-state index < -0.39 is 11.5 Å². The number of hydrogen-bond donors (Lipinski definition) is 3. The highest BCUT2D eigenvalue weighted by molar-refractivity contribution is 7.13. The van der Waals surface area contributed by atoms with Gasteiger partial charge in [0.25, 0.3) is 0 Å². The van der Waals surface area contributed by atoms with Crippen LogP contribution >= 0.6 is 11.3 Å². The number of nitrogens with zero attached hydrogens (tertiary/aromatic N) is 1. The van der Waals surface area contributed by atoms with Gasteiger partial charge in [0.1, 0.15) is 9.88 Å². The molecule has 1 fully saturated rings. The lowest BCUT2D eigenvalue weighted by molar-refractivity contribution is -0.127. The molecule has 1 amide bonds. The number of aryl methyl sites for hydroxylation is 1. The number of carbonyl (C=O) groups excluding carboxylic acids is 1. The monoisotopic (exact) mass is 297 g/mol. The zero-order valence-corrected chi connectivity index (χ0v) is 12.5. The third kappa shape index (κ3) is 2.83. The third-order valence-electron chi connectivity index (χ3n) is 3.72. The highest BCUT2D eigenvalue weighted by Gasteiger charge is 2.38. The normalized spacial score (nSPS) is 21.9. The molecule has 110 valence electrons. The summed E-state index contributed by atoms with van der Waals surface area (Å²) in [6, 6.07) is 0. The van der Waals surface area contributed by atoms with Crippen molar-refractivity contribution < 1.29 is 14.7 Å². The van der Waals surface area contributed by atoms with E-state index in [-0.39, 0.29) is 17.3 Å². The Bertz CT molecular complexity index is 521. The lowest BCUT2D eigenvalue weighted by Crippen LogP contribution is -2.52. The summed E-state index contributed by atoms with van der Waals surface area (Å²) in [5.74, 6) is -0.998. The fourth-order valence-electron chi connectivity index (χ4n) is 2.51. The second-order valence-electron chi connectivity index (χ2n) is 4.98. The quantitative estimate of drug-likeness (QED) is 0.762. The second-order valence-corrected chi connectivity index (χ2v) is 6.06. The molecule has 7 heteroatoms. The van der Waals surface area contributed by atoms with Crippen molar-refractivity contribution in [3.63, 3.8) is 0 Å². The van der Waals surface area contributed by atoms with Gasteiger partial charge in [-0.2, -0.15) is 0 Å². The molecule has 1 aliphatic rings. The predicted octanol–water partition coefficient (Wildman–Crippen LogP) is 1.30. The van der Waals surface area contributed by atoms with E-state index in [1.54, 1.807) is 6.92 Å². The van der Waals surface area contributed by atoms with Gasteiger partial charge in [-0.15, -0.1) is 11.3 Å². The standard InChI is InChI=1S/C13H19N3O3S/c1-3-13(5-4-6-15-13)12(19)14-7-9-16-8(2)10(20-9)11(17)18/h15H,3-7H2,1-2H3,(H,14,19)(H,17,18). The molecule has 1 aromatic rings. The SMILES string of the molecule is CCC1(C(=O)NCc2nc(C)c(C(=O)O)s2)CCCN1. The summed E-state index contributed by atoms with van der Waals surface area (Å²) in [5.41, 5.74) is 0.0259. The number of carbonyl (C=O) groups is 2. The van der Waals surface area contributed by atoms with Crippen LogP contribution in [0, 0.1) is 6.92 Å². The van der Waals surface area contributed by atoms with Gasteiger partial charge in [-0.05, 0) is 32.7 Å². The zero-order chi connectivity index (χ0) is 14.8. The van der Waals surface area contributed by atoms with Crippen LogP contribution in [0.1, 0.15) is 46.6 Å². The molecule has 1 aromatic heterocycles. The summed E-state index contributed by atoms with van der Waals surface area (Å²) in [4.78, 5) is 27.7. The van der Waals surface area contributed by atoms with Crippen molar-refractivity contribution in [2.24, 2.45) is 0 Å². The molecule has 0 spiro atoms. The first-order valence-electron chi connectivity index (χ1n) is 6.71. The fraction of sp³-hybridized carbons (Fsp3) is 0.615. The minimum atomic E-state index is -0.972. The third-order valence-corrected chi connectivity index (χ3v) is 4.86. The number of carboxylic acids is 1. The first kappa shape index (κ1) is 14.9. The smallest absolute Gasteiger partial charge is 0.347 e. The minimum Gasteiger partial charge on any atom is -0.477 e. The van der Waals surface area contributed by atoms with Crippen LogP contribution < -0.4 is 10.6 Å². The van der Waals surface area contributed by atoms with Gasteiger partial charge in [0, 0.05) is 0 Å². The van der Waals surface area contributed by atoms with Gasteiger partial charge < -0.3 is 15.7 Å². The molecular weight excluding hydrogens is 278 g/mol. The van der Waals surface area contributed by atoms with Crippen LogP contribution in [0.3, 0.4) is 0 Å². The molecular formula is C13H19N3O3S. The first-order chi connectivity index (χ1) is 9.48. The molecule has 1 saturated heterocycles. The van der Waals surface area contributed by atoms with Gasteiger partial charge >= 0.3 is 5.97 Å². The van der Waals surface area contributed by atoms with Gasteiger partial charge in [0.2, 0.25) is 5.91 Å². The summed E-state index contributed by atoms with van der Waals surface area (Å²) >= 11 is 1.11. The van der Waals surface area contributed by atoms with E-state index in [0.717, 1.165) is 37.1 Å². The number of rotatable bonds is 5. The minimum absolute atomic E-state index is 0.0257. The lowest BCUT2D eigenvalue weighted by atomic mass is 9.93. The number of amides is 1. The molecule has 1 aliphatic heterocycles. The molecule has 2 heterocycles. The summed E-state index contributed by atoms with van der Waals surface area (Å²) in [6.07, 6.45) is 2.59. The number of nitrogens with one attached hydrogen (secondary N) is 2. The van der Waals surface area contributed by atoms with Gasteiger partial charge in [-0.1, -0.05) is 6.92 Å². The Hall–Kier alpha value is -1.47. The van der Waals surface area contributed by atoms with Crippen LogP contribution in [0.15, 0.2) is 0 Å². The van der Waals surface area contributed by atoms with E-state index in [0.29, 0.717) is 10.7 Å². The second kappa shape index (κ2) is 5.88. The number of hydrogen-bond acceptors (Lipinski definition) is 5. The van der Waals surface area contributed by atoms with Gasteiger partial charge in [-0.25, -0.2) is 9.78 Å². The number of thiazole rings is 1. The maximum absolute atomic E-state index is 12.3. The molecule has 0 radical (unpaired) electrons. The molecule has 0 saturated carbocycles. The Labute approximate surface area is 121 Å². The van der Waals surface area contributed by atoms with Crippen LogP contribution in [0.5, 0.6) is 0 Å². The molecule has 6 nitrogen and oxygen atoms in total. The molecule has 1 atom stereocenters. The van der Waals surface area contributed by atoms with Crippen molar-refractivity contribution >= 4 is 23.2 Å². The summed E-state index contributed by atoms with van der Waals surface area (Å²) < 4.78 is 0. The highest BCUT2D eigenvalue weighted by atomic mass is 32.1. The Kier molecular flexibility index (Phi) is 4.39. The molecule has 20 heavy (non-hydrogen) atoms. The number of aromatic carboxylic acids is 1. The van der Waals surface area contributed by atoms with Crippen molar-refractivity contribution in [3.05, 3.63) is 15.6 Å². The van der Waals surface area contributed by atoms with Crippen molar-refractivity contribution in [1.82, 2.24) is 15.6 Å². The van der Waals surface area contributed by atoms with E-state index in [9.17, 15) is 9.59 Å². The van der Waals surface area contributed by atoms with Gasteiger partial charge in [-0.3, -0.25) is 4.79 Å². The topological polar surface area (TPSA) is 91.3 Å². The first-order valence-corrected chi connectivity index (χ1v) is 7.53. The van der Waals surface area contributed by atoms with E-state index in [2.05, 4.69) is 15.6 Å². The Balaban J connectivity index is 2.00. The van der Waals surface area contributed by atoms with E-state index in [1.807, 2.05) is 6.92 Å². The fourth-order valence-corrected chi connectivity index (χ4v) is 3.36.